The molecule has 8 aromatic carbocycles. The summed E-state index contributed by atoms with van der Waals surface area (Å²) in [4.78, 5) is 2.40. The molecule has 220 valence electrons. The van der Waals surface area contributed by atoms with Gasteiger partial charge in [-0.2, -0.15) is 0 Å². The molecular weight excluding hydrogens is 589 g/mol. The van der Waals surface area contributed by atoms with Crippen molar-refractivity contribution in [2.45, 2.75) is 0 Å². The predicted octanol–water partition coefficient (Wildman–Crippen LogP) is 12.9. The van der Waals surface area contributed by atoms with Crippen molar-refractivity contribution in [3.05, 3.63) is 170 Å². The molecule has 2 aromatic heterocycles. The molecule has 0 spiro atoms. The van der Waals surface area contributed by atoms with Gasteiger partial charge >= 0.3 is 0 Å². The van der Waals surface area contributed by atoms with Crippen LogP contribution < -0.4 is 4.90 Å². The Morgan fingerprint density at radius 3 is 1.96 bits per heavy atom. The summed E-state index contributed by atoms with van der Waals surface area (Å²) < 4.78 is 5.14. The Bertz CT molecular complexity index is 2800. The molecule has 2 heterocycles. The lowest BCUT2D eigenvalue weighted by molar-refractivity contribution is 1.20. The van der Waals surface area contributed by atoms with Crippen LogP contribution in [0.2, 0.25) is 0 Å². The summed E-state index contributed by atoms with van der Waals surface area (Å²) in [5.74, 6) is 0. The van der Waals surface area contributed by atoms with E-state index in [1.54, 1.807) is 0 Å². The Morgan fingerprint density at radius 1 is 0.426 bits per heavy atom. The van der Waals surface area contributed by atoms with E-state index in [1.165, 1.54) is 69.2 Å². The van der Waals surface area contributed by atoms with Gasteiger partial charge in [0.25, 0.3) is 0 Å². The highest BCUT2D eigenvalue weighted by molar-refractivity contribution is 7.26. The first-order chi connectivity index (χ1) is 23.3. The molecule has 10 rings (SSSR count). The fourth-order valence-electron chi connectivity index (χ4n) is 7.50. The van der Waals surface area contributed by atoms with Crippen molar-refractivity contribution >= 4 is 91.9 Å². The Morgan fingerprint density at radius 2 is 1.11 bits per heavy atom. The maximum atomic E-state index is 2.52. The zero-order valence-corrected chi connectivity index (χ0v) is 26.3. The number of nitrogens with zero attached hydrogens (tertiary/aromatic N) is 2. The second-order valence-corrected chi connectivity index (χ2v) is 13.2. The quantitative estimate of drug-likeness (QED) is 0.191. The number of fused-ring (bicyclic) bond motifs is 9. The molecule has 0 atom stereocenters. The van der Waals surface area contributed by atoms with Gasteiger partial charge in [-0.15, -0.1) is 11.3 Å². The van der Waals surface area contributed by atoms with Gasteiger partial charge in [-0.25, -0.2) is 0 Å². The third-order valence-electron chi connectivity index (χ3n) is 9.54. The van der Waals surface area contributed by atoms with Crippen molar-refractivity contribution in [2.75, 3.05) is 4.90 Å². The molecule has 0 unspecified atom stereocenters. The maximum Gasteiger partial charge on any atom is 0.0634 e. The molecule has 0 amide bonds. The number of para-hydroxylation sites is 1. The Balaban J connectivity index is 1.34. The van der Waals surface area contributed by atoms with Crippen molar-refractivity contribution in [3.63, 3.8) is 0 Å². The van der Waals surface area contributed by atoms with Gasteiger partial charge in [0.05, 0.1) is 22.4 Å². The first-order valence-electron chi connectivity index (χ1n) is 16.0. The van der Waals surface area contributed by atoms with Gasteiger partial charge in [0.15, 0.2) is 0 Å². The van der Waals surface area contributed by atoms with E-state index in [0.717, 1.165) is 17.1 Å². The average Bonchev–Trinajstić information content (AvgIpc) is 3.67. The summed E-state index contributed by atoms with van der Waals surface area (Å²) in [6.07, 6.45) is 0. The van der Waals surface area contributed by atoms with Crippen LogP contribution in [-0.2, 0) is 0 Å². The molecule has 0 fully saturated rings. The highest BCUT2D eigenvalue weighted by Gasteiger charge is 2.22. The average molecular weight is 617 g/mol. The summed E-state index contributed by atoms with van der Waals surface area (Å²) in [7, 11) is 0. The lowest BCUT2D eigenvalue weighted by atomic mass is 10.0. The topological polar surface area (TPSA) is 8.17 Å². The van der Waals surface area contributed by atoms with Crippen molar-refractivity contribution in [1.82, 2.24) is 4.57 Å². The molecule has 0 saturated heterocycles. The Labute approximate surface area is 276 Å². The first-order valence-corrected chi connectivity index (χ1v) is 16.8. The van der Waals surface area contributed by atoms with Gasteiger partial charge in [-0.1, -0.05) is 115 Å². The summed E-state index contributed by atoms with van der Waals surface area (Å²) >= 11 is 1.88. The van der Waals surface area contributed by atoms with Gasteiger partial charge in [-0.3, -0.25) is 0 Å². The van der Waals surface area contributed by atoms with Crippen LogP contribution in [0, 0.1) is 0 Å². The van der Waals surface area contributed by atoms with Gasteiger partial charge in [0.2, 0.25) is 0 Å². The Kier molecular flexibility index (Phi) is 5.78. The van der Waals surface area contributed by atoms with Crippen molar-refractivity contribution in [1.29, 1.82) is 0 Å². The minimum atomic E-state index is 1.13. The lowest BCUT2D eigenvalue weighted by Gasteiger charge is -2.27. The van der Waals surface area contributed by atoms with Crippen molar-refractivity contribution in [3.8, 4) is 5.69 Å². The first kappa shape index (κ1) is 26.3. The number of hydrogen-bond acceptors (Lipinski definition) is 2. The van der Waals surface area contributed by atoms with E-state index in [-0.39, 0.29) is 0 Å². The normalized spacial score (nSPS) is 11.8. The summed E-state index contributed by atoms with van der Waals surface area (Å²) in [6, 6.07) is 61.9. The third kappa shape index (κ3) is 3.97. The van der Waals surface area contributed by atoms with Gasteiger partial charge < -0.3 is 9.47 Å². The van der Waals surface area contributed by atoms with E-state index in [0.29, 0.717) is 0 Å². The fourth-order valence-corrected chi connectivity index (χ4v) is 8.61. The molecule has 2 nitrogen and oxygen atoms in total. The predicted molar refractivity (Wildman–Crippen MR) is 203 cm³/mol. The van der Waals surface area contributed by atoms with E-state index in [1.807, 2.05) is 11.3 Å². The summed E-state index contributed by atoms with van der Waals surface area (Å²) in [5.41, 5.74) is 7.10. The SMILES string of the molecule is c1ccc(N(c2ccc3c(c2)c2ccc4sc5ccccc5c4c2n3-c2cccc3ccccc23)c2cccc3ccccc23)cc1. The zero-order chi connectivity index (χ0) is 30.9. The molecule has 0 N–H and O–H groups in total. The van der Waals surface area contributed by atoms with Crippen LogP contribution in [0.15, 0.2) is 170 Å². The molecule has 0 bridgehead atoms. The minimum Gasteiger partial charge on any atom is -0.310 e. The fraction of sp³-hybridized carbons (Fsp3) is 0. The van der Waals surface area contributed by atoms with E-state index < -0.39 is 0 Å². The smallest absolute Gasteiger partial charge is 0.0634 e. The lowest BCUT2D eigenvalue weighted by Crippen LogP contribution is -2.10. The van der Waals surface area contributed by atoms with E-state index in [4.69, 9.17) is 0 Å². The largest absolute Gasteiger partial charge is 0.310 e. The second-order valence-electron chi connectivity index (χ2n) is 12.1. The number of anilines is 3. The number of benzene rings is 8. The molecule has 0 radical (unpaired) electrons. The van der Waals surface area contributed by atoms with Gasteiger partial charge in [0.1, 0.15) is 0 Å². The highest BCUT2D eigenvalue weighted by atomic mass is 32.1. The van der Waals surface area contributed by atoms with Crippen LogP contribution in [0.25, 0.3) is 69.2 Å². The summed E-state index contributed by atoms with van der Waals surface area (Å²) in [6.45, 7) is 0. The van der Waals surface area contributed by atoms with Gasteiger partial charge in [-0.05, 0) is 65.4 Å². The standard InChI is InChI=1S/C44H28N2S/c1-2-16-31(17-3-1)45(38-21-10-14-29-12-4-6-18-33(29)38)32-24-26-40-37(28-32)35-25-27-42-43(36-20-8-9-23-41(36)47-42)44(35)46(40)39-22-11-15-30-13-5-7-19-34(30)39/h1-28H. The van der Waals surface area contributed by atoms with Crippen LogP contribution in [0.1, 0.15) is 0 Å². The van der Waals surface area contributed by atoms with Crippen LogP contribution in [0.4, 0.5) is 17.1 Å². The maximum absolute atomic E-state index is 2.52. The van der Waals surface area contributed by atoms with Crippen LogP contribution in [0.5, 0.6) is 0 Å². The number of rotatable bonds is 4. The number of thiophene rings is 1. The molecule has 0 aliphatic rings. The molecule has 0 aliphatic heterocycles. The highest BCUT2D eigenvalue weighted by Crippen LogP contribution is 2.46. The molecular formula is C44H28N2S. The number of aromatic nitrogens is 1. The monoisotopic (exact) mass is 616 g/mol. The second kappa shape index (κ2) is 10.3. The number of hydrogen-bond donors (Lipinski definition) is 0. The zero-order valence-electron chi connectivity index (χ0n) is 25.5. The third-order valence-corrected chi connectivity index (χ3v) is 10.7. The van der Waals surface area contributed by atoms with Crippen LogP contribution in [0.3, 0.4) is 0 Å². The van der Waals surface area contributed by atoms with E-state index in [2.05, 4.69) is 179 Å². The molecule has 47 heavy (non-hydrogen) atoms. The van der Waals surface area contributed by atoms with E-state index >= 15 is 0 Å². The van der Waals surface area contributed by atoms with Gasteiger partial charge in [0, 0.05) is 53.1 Å². The Hall–Kier alpha value is -5.90. The van der Waals surface area contributed by atoms with E-state index in [9.17, 15) is 0 Å². The van der Waals surface area contributed by atoms with Crippen molar-refractivity contribution in [2.24, 2.45) is 0 Å². The van der Waals surface area contributed by atoms with Crippen LogP contribution >= 0.6 is 11.3 Å². The molecule has 10 aromatic rings. The summed E-state index contributed by atoms with van der Waals surface area (Å²) in [5, 5.41) is 10.1. The molecule has 0 aliphatic carbocycles. The molecule has 3 heteroatoms. The minimum absolute atomic E-state index is 1.13. The van der Waals surface area contributed by atoms with Crippen molar-refractivity contribution < 1.29 is 0 Å². The molecule has 0 saturated carbocycles. The van der Waals surface area contributed by atoms with Crippen LogP contribution in [-0.4, -0.2) is 4.57 Å².